The van der Waals surface area contributed by atoms with Crippen LogP contribution >= 0.6 is 0 Å². The second-order valence-corrected chi connectivity index (χ2v) is 4.68. The SMILES string of the molecule is NCC1(C(=O)Nc2ccc(-n3cncn3)nc2)CC1. The van der Waals surface area contributed by atoms with Gasteiger partial charge in [0.2, 0.25) is 5.91 Å². The van der Waals surface area contributed by atoms with Gasteiger partial charge in [-0.1, -0.05) is 0 Å². The number of nitrogens with one attached hydrogen (secondary N) is 1. The summed E-state index contributed by atoms with van der Waals surface area (Å²) in [6.45, 7) is 0.392. The van der Waals surface area contributed by atoms with Crippen molar-refractivity contribution in [1.82, 2.24) is 19.7 Å². The Kier molecular flexibility index (Phi) is 2.75. The predicted molar refractivity (Wildman–Crippen MR) is 68.5 cm³/mol. The van der Waals surface area contributed by atoms with Crippen LogP contribution in [-0.4, -0.2) is 32.2 Å². The number of nitrogens with two attached hydrogens (primary N) is 1. The van der Waals surface area contributed by atoms with E-state index < -0.39 is 0 Å². The maximum atomic E-state index is 12.0. The zero-order valence-electron chi connectivity index (χ0n) is 10.3. The molecule has 1 amide bonds. The Morgan fingerprint density at radius 2 is 2.32 bits per heavy atom. The molecule has 2 aromatic rings. The monoisotopic (exact) mass is 258 g/mol. The van der Waals surface area contributed by atoms with E-state index >= 15 is 0 Å². The highest BCUT2D eigenvalue weighted by Crippen LogP contribution is 2.45. The second kappa shape index (κ2) is 4.43. The van der Waals surface area contributed by atoms with E-state index in [1.165, 1.54) is 6.33 Å². The average molecular weight is 258 g/mol. The Morgan fingerprint density at radius 1 is 1.47 bits per heavy atom. The van der Waals surface area contributed by atoms with Gasteiger partial charge in [-0.05, 0) is 25.0 Å². The summed E-state index contributed by atoms with van der Waals surface area (Å²) in [5.74, 6) is 0.626. The van der Waals surface area contributed by atoms with Gasteiger partial charge in [0.25, 0.3) is 0 Å². The summed E-state index contributed by atoms with van der Waals surface area (Å²) in [6, 6.07) is 3.56. The van der Waals surface area contributed by atoms with E-state index in [9.17, 15) is 4.79 Å². The van der Waals surface area contributed by atoms with E-state index in [0.717, 1.165) is 12.8 Å². The third-order valence-electron chi connectivity index (χ3n) is 3.39. The zero-order chi connectivity index (χ0) is 13.3. The molecule has 1 aliphatic carbocycles. The van der Waals surface area contributed by atoms with E-state index in [0.29, 0.717) is 18.1 Å². The molecule has 3 N–H and O–H groups in total. The van der Waals surface area contributed by atoms with E-state index in [1.807, 2.05) is 0 Å². The van der Waals surface area contributed by atoms with Crippen LogP contribution in [0.15, 0.2) is 31.0 Å². The second-order valence-electron chi connectivity index (χ2n) is 4.68. The molecular formula is C12H14N6O. The van der Waals surface area contributed by atoms with Crippen LogP contribution in [0.4, 0.5) is 5.69 Å². The molecule has 0 spiro atoms. The normalized spacial score (nSPS) is 16.1. The minimum atomic E-state index is -0.357. The fraction of sp³-hybridized carbons (Fsp3) is 0.333. The van der Waals surface area contributed by atoms with Crippen LogP contribution in [0.5, 0.6) is 0 Å². The number of hydrogen-bond donors (Lipinski definition) is 2. The summed E-state index contributed by atoms with van der Waals surface area (Å²) in [5, 5.41) is 6.82. The van der Waals surface area contributed by atoms with Gasteiger partial charge in [-0.3, -0.25) is 4.79 Å². The maximum absolute atomic E-state index is 12.0. The van der Waals surface area contributed by atoms with Crippen LogP contribution in [0.3, 0.4) is 0 Å². The van der Waals surface area contributed by atoms with Crippen LogP contribution in [-0.2, 0) is 4.79 Å². The fourth-order valence-electron chi connectivity index (χ4n) is 1.86. The highest BCUT2D eigenvalue weighted by Gasteiger charge is 2.48. The summed E-state index contributed by atoms with van der Waals surface area (Å²) < 4.78 is 1.55. The van der Waals surface area contributed by atoms with Crippen molar-refractivity contribution < 1.29 is 4.79 Å². The van der Waals surface area contributed by atoms with Crippen molar-refractivity contribution in [1.29, 1.82) is 0 Å². The first-order valence-electron chi connectivity index (χ1n) is 6.06. The van der Waals surface area contributed by atoms with E-state index in [-0.39, 0.29) is 11.3 Å². The molecule has 1 aliphatic rings. The Hall–Kier alpha value is -2.28. The Bertz CT molecular complexity index is 573. The topological polar surface area (TPSA) is 98.7 Å². The van der Waals surface area contributed by atoms with Gasteiger partial charge in [-0.2, -0.15) is 5.10 Å². The number of anilines is 1. The highest BCUT2D eigenvalue weighted by molar-refractivity contribution is 5.97. The van der Waals surface area contributed by atoms with Crippen LogP contribution in [0, 0.1) is 5.41 Å². The minimum absolute atomic E-state index is 0.0229. The van der Waals surface area contributed by atoms with Gasteiger partial charge in [0.05, 0.1) is 17.3 Å². The Balaban J connectivity index is 1.71. The molecule has 0 radical (unpaired) electrons. The lowest BCUT2D eigenvalue weighted by Crippen LogP contribution is -2.30. The van der Waals surface area contributed by atoms with Crippen molar-refractivity contribution in [3.63, 3.8) is 0 Å². The molecule has 0 bridgehead atoms. The number of aromatic nitrogens is 4. The molecule has 0 unspecified atom stereocenters. The largest absolute Gasteiger partial charge is 0.329 e. The predicted octanol–water partition coefficient (Wildman–Crippen LogP) is 0.340. The number of nitrogens with zero attached hydrogens (tertiary/aromatic N) is 4. The lowest BCUT2D eigenvalue weighted by atomic mass is 10.1. The zero-order valence-corrected chi connectivity index (χ0v) is 10.3. The van der Waals surface area contributed by atoms with Crippen LogP contribution in [0.1, 0.15) is 12.8 Å². The van der Waals surface area contributed by atoms with Gasteiger partial charge in [0, 0.05) is 6.54 Å². The fourth-order valence-corrected chi connectivity index (χ4v) is 1.86. The number of carbonyl (C=O) groups is 1. The summed E-state index contributed by atoms with van der Waals surface area (Å²) in [5.41, 5.74) is 5.92. The molecule has 7 nitrogen and oxygen atoms in total. The highest BCUT2D eigenvalue weighted by atomic mass is 16.2. The molecule has 2 aromatic heterocycles. The molecule has 98 valence electrons. The first-order chi connectivity index (χ1) is 9.23. The number of hydrogen-bond acceptors (Lipinski definition) is 5. The number of carbonyl (C=O) groups excluding carboxylic acids is 1. The molecule has 7 heteroatoms. The quantitative estimate of drug-likeness (QED) is 0.824. The third kappa shape index (κ3) is 2.19. The van der Waals surface area contributed by atoms with Crippen molar-refractivity contribution in [2.45, 2.75) is 12.8 Å². The Morgan fingerprint density at radius 3 is 2.84 bits per heavy atom. The molecule has 0 aromatic carbocycles. The summed E-state index contributed by atoms with van der Waals surface area (Å²) >= 11 is 0. The minimum Gasteiger partial charge on any atom is -0.329 e. The van der Waals surface area contributed by atoms with Gasteiger partial charge in [0.15, 0.2) is 5.82 Å². The first kappa shape index (κ1) is 11.8. The standard InChI is InChI=1S/C12H14N6O/c13-6-12(3-4-12)11(19)17-9-1-2-10(15-5-9)18-8-14-7-16-18/h1-2,5,7-8H,3-4,6,13H2,(H,17,19). The van der Waals surface area contributed by atoms with Crippen molar-refractivity contribution in [2.24, 2.45) is 11.1 Å². The molecule has 0 saturated heterocycles. The average Bonchev–Trinajstić information content (AvgIpc) is 3.06. The van der Waals surface area contributed by atoms with E-state index in [2.05, 4.69) is 20.4 Å². The first-order valence-corrected chi connectivity index (χ1v) is 6.06. The van der Waals surface area contributed by atoms with Gasteiger partial charge >= 0.3 is 0 Å². The van der Waals surface area contributed by atoms with Gasteiger partial charge < -0.3 is 11.1 Å². The van der Waals surface area contributed by atoms with Crippen molar-refractivity contribution in [2.75, 3.05) is 11.9 Å². The molecule has 1 fully saturated rings. The van der Waals surface area contributed by atoms with Crippen molar-refractivity contribution >= 4 is 11.6 Å². The lowest BCUT2D eigenvalue weighted by molar-refractivity contribution is -0.120. The summed E-state index contributed by atoms with van der Waals surface area (Å²) in [7, 11) is 0. The van der Waals surface area contributed by atoms with E-state index in [1.54, 1.807) is 29.3 Å². The van der Waals surface area contributed by atoms with Crippen LogP contribution in [0.25, 0.3) is 5.82 Å². The summed E-state index contributed by atoms with van der Waals surface area (Å²) in [4.78, 5) is 20.1. The molecular weight excluding hydrogens is 244 g/mol. The van der Waals surface area contributed by atoms with E-state index in [4.69, 9.17) is 5.73 Å². The van der Waals surface area contributed by atoms with Crippen molar-refractivity contribution in [3.05, 3.63) is 31.0 Å². The number of rotatable bonds is 4. The smallest absolute Gasteiger partial charge is 0.231 e. The van der Waals surface area contributed by atoms with Gasteiger partial charge in [0.1, 0.15) is 12.7 Å². The third-order valence-corrected chi connectivity index (χ3v) is 3.39. The summed E-state index contributed by atoms with van der Waals surface area (Å²) in [6.07, 6.45) is 6.32. The molecule has 3 rings (SSSR count). The van der Waals surface area contributed by atoms with Gasteiger partial charge in [-0.15, -0.1) is 0 Å². The Labute approximate surface area is 109 Å². The number of amides is 1. The van der Waals surface area contributed by atoms with Gasteiger partial charge in [-0.25, -0.2) is 14.6 Å². The molecule has 2 heterocycles. The molecule has 1 saturated carbocycles. The molecule has 0 atom stereocenters. The van der Waals surface area contributed by atoms with Crippen molar-refractivity contribution in [3.8, 4) is 5.82 Å². The van der Waals surface area contributed by atoms with Crippen LogP contribution in [0.2, 0.25) is 0 Å². The lowest BCUT2D eigenvalue weighted by Gasteiger charge is -2.12. The number of pyridine rings is 1. The molecule has 19 heavy (non-hydrogen) atoms. The maximum Gasteiger partial charge on any atom is 0.231 e. The van der Waals surface area contributed by atoms with Crippen LogP contribution < -0.4 is 11.1 Å². The molecule has 0 aliphatic heterocycles.